The van der Waals surface area contributed by atoms with Crippen molar-refractivity contribution in [1.82, 2.24) is 15.6 Å². The van der Waals surface area contributed by atoms with Crippen LogP contribution in [0.3, 0.4) is 0 Å². The third kappa shape index (κ3) is 7.11. The molecule has 2 heterocycles. The molecule has 1 aliphatic rings. The smallest absolute Gasteiger partial charge is 0.253 e. The van der Waals surface area contributed by atoms with Gasteiger partial charge in [-0.25, -0.2) is 0 Å². The molecule has 10 heteroatoms. The molecule has 0 fully saturated rings. The van der Waals surface area contributed by atoms with Crippen LogP contribution in [0.15, 0.2) is 50.6 Å². The Morgan fingerprint density at radius 3 is 2.62 bits per heavy atom. The van der Waals surface area contributed by atoms with Crippen molar-refractivity contribution in [2.24, 2.45) is 4.99 Å². The summed E-state index contributed by atoms with van der Waals surface area (Å²) in [7, 11) is 0. The van der Waals surface area contributed by atoms with Gasteiger partial charge in [0.05, 0.1) is 36.6 Å². The number of Topliss-reactive ketones (excluding diaryl/α,β-unsaturated/α-hetero) is 1. The van der Waals surface area contributed by atoms with Crippen LogP contribution in [0.1, 0.15) is 41.6 Å². The molecule has 4 N–H and O–H groups in total. The van der Waals surface area contributed by atoms with E-state index in [4.69, 9.17) is 0 Å². The molecule has 1 amide bonds. The molecule has 3 rings (SSSR count). The SMILES string of the molecule is CC[C@H](CC(=O)CNC(=O)c1cncc(NC2=NCC(O)CN2)c1)c1cc(Br)cc(Br)c1. The molecule has 32 heavy (non-hydrogen) atoms. The number of amides is 1. The summed E-state index contributed by atoms with van der Waals surface area (Å²) < 4.78 is 1.90. The van der Waals surface area contributed by atoms with E-state index in [1.165, 1.54) is 6.20 Å². The molecule has 1 unspecified atom stereocenters. The number of aliphatic hydroxyl groups excluding tert-OH is 1. The second-order valence-electron chi connectivity index (χ2n) is 7.54. The van der Waals surface area contributed by atoms with Crippen molar-refractivity contribution in [2.45, 2.75) is 31.8 Å². The highest BCUT2D eigenvalue weighted by atomic mass is 79.9. The van der Waals surface area contributed by atoms with Crippen LogP contribution in [-0.4, -0.2) is 53.5 Å². The van der Waals surface area contributed by atoms with E-state index < -0.39 is 6.10 Å². The molecular formula is C22H25Br2N5O3. The molecule has 0 aliphatic carbocycles. The van der Waals surface area contributed by atoms with Crippen molar-refractivity contribution in [3.63, 3.8) is 0 Å². The summed E-state index contributed by atoms with van der Waals surface area (Å²) in [6, 6.07) is 7.62. The molecule has 1 aliphatic heterocycles. The number of hydrogen-bond donors (Lipinski definition) is 4. The summed E-state index contributed by atoms with van der Waals surface area (Å²) in [6.07, 6.45) is 3.66. The van der Waals surface area contributed by atoms with Gasteiger partial charge in [0.1, 0.15) is 0 Å². The lowest BCUT2D eigenvalue weighted by Gasteiger charge is -2.19. The van der Waals surface area contributed by atoms with Crippen molar-refractivity contribution < 1.29 is 14.7 Å². The Bertz CT molecular complexity index is 995. The number of anilines is 1. The molecule has 1 aromatic heterocycles. The molecule has 2 atom stereocenters. The molecule has 0 spiro atoms. The van der Waals surface area contributed by atoms with Gasteiger partial charge >= 0.3 is 0 Å². The summed E-state index contributed by atoms with van der Waals surface area (Å²) in [5.41, 5.74) is 1.99. The summed E-state index contributed by atoms with van der Waals surface area (Å²) in [4.78, 5) is 33.3. The Kier molecular flexibility index (Phi) is 8.77. The maximum Gasteiger partial charge on any atom is 0.253 e. The van der Waals surface area contributed by atoms with Gasteiger partial charge in [-0.2, -0.15) is 0 Å². The Morgan fingerprint density at radius 2 is 1.97 bits per heavy atom. The molecule has 0 saturated carbocycles. The van der Waals surface area contributed by atoms with Crippen LogP contribution in [0, 0.1) is 0 Å². The zero-order valence-corrected chi connectivity index (χ0v) is 20.7. The number of aliphatic hydroxyl groups is 1. The number of nitrogens with one attached hydrogen (secondary N) is 3. The molecular weight excluding hydrogens is 542 g/mol. The third-order valence-electron chi connectivity index (χ3n) is 5.00. The minimum Gasteiger partial charge on any atom is -0.389 e. The lowest BCUT2D eigenvalue weighted by molar-refractivity contribution is -0.118. The second kappa shape index (κ2) is 11.5. The van der Waals surface area contributed by atoms with Crippen molar-refractivity contribution in [3.05, 3.63) is 56.7 Å². The summed E-state index contributed by atoms with van der Waals surface area (Å²) in [5.74, 6) is 0.170. The van der Waals surface area contributed by atoms with Gasteiger partial charge in [-0.15, -0.1) is 0 Å². The highest BCUT2D eigenvalue weighted by Crippen LogP contribution is 2.29. The lowest BCUT2D eigenvalue weighted by Crippen LogP contribution is -2.42. The lowest BCUT2D eigenvalue weighted by atomic mass is 9.91. The quantitative estimate of drug-likeness (QED) is 0.390. The summed E-state index contributed by atoms with van der Waals surface area (Å²) >= 11 is 6.97. The van der Waals surface area contributed by atoms with Crippen LogP contribution in [0.25, 0.3) is 0 Å². The monoisotopic (exact) mass is 565 g/mol. The van der Waals surface area contributed by atoms with E-state index in [0.717, 1.165) is 20.9 Å². The van der Waals surface area contributed by atoms with Gasteiger partial charge in [0, 0.05) is 28.1 Å². The number of hydrogen-bond acceptors (Lipinski definition) is 7. The molecule has 0 bridgehead atoms. The van der Waals surface area contributed by atoms with Crippen molar-refractivity contribution in [3.8, 4) is 0 Å². The fourth-order valence-electron chi connectivity index (χ4n) is 3.32. The number of aliphatic imine (C=N–C) groups is 1. The van der Waals surface area contributed by atoms with Crippen LogP contribution in [-0.2, 0) is 4.79 Å². The minimum atomic E-state index is -0.509. The molecule has 8 nitrogen and oxygen atoms in total. The number of aromatic nitrogens is 1. The van der Waals surface area contributed by atoms with E-state index >= 15 is 0 Å². The van der Waals surface area contributed by atoms with Gasteiger partial charge in [0.15, 0.2) is 11.7 Å². The number of nitrogens with zero attached hydrogens (tertiary/aromatic N) is 2. The average molecular weight is 567 g/mol. The van der Waals surface area contributed by atoms with Crippen LogP contribution >= 0.6 is 31.9 Å². The molecule has 0 saturated heterocycles. The Morgan fingerprint density at radius 1 is 1.22 bits per heavy atom. The third-order valence-corrected chi connectivity index (χ3v) is 5.91. The molecule has 1 aromatic carbocycles. The van der Waals surface area contributed by atoms with E-state index in [0.29, 0.717) is 36.7 Å². The molecule has 2 aromatic rings. The van der Waals surface area contributed by atoms with Gasteiger partial charge in [0.2, 0.25) is 0 Å². The number of β-amino-alcohol motifs (C(OH)–C–C–N with tert-alkyl or cyclic N) is 1. The largest absolute Gasteiger partial charge is 0.389 e. The van der Waals surface area contributed by atoms with E-state index in [-0.39, 0.29) is 24.2 Å². The topological polar surface area (TPSA) is 116 Å². The van der Waals surface area contributed by atoms with E-state index in [1.54, 1.807) is 12.3 Å². The van der Waals surface area contributed by atoms with Crippen LogP contribution in [0.2, 0.25) is 0 Å². The Hall–Kier alpha value is -2.30. The Balaban J connectivity index is 1.55. The number of rotatable bonds is 8. The summed E-state index contributed by atoms with van der Waals surface area (Å²) in [6.45, 7) is 2.70. The van der Waals surface area contributed by atoms with Crippen molar-refractivity contribution in [2.75, 3.05) is 25.0 Å². The van der Waals surface area contributed by atoms with Gasteiger partial charge in [0.25, 0.3) is 5.91 Å². The first kappa shape index (κ1) is 24.3. The first-order valence-corrected chi connectivity index (χ1v) is 11.9. The maximum absolute atomic E-state index is 12.5. The zero-order chi connectivity index (χ0) is 23.1. The number of carbonyl (C=O) groups is 2. The highest BCUT2D eigenvalue weighted by Gasteiger charge is 2.17. The van der Waals surface area contributed by atoms with Crippen LogP contribution in [0.5, 0.6) is 0 Å². The van der Waals surface area contributed by atoms with Gasteiger partial charge in [-0.1, -0.05) is 38.8 Å². The highest BCUT2D eigenvalue weighted by molar-refractivity contribution is 9.11. The number of pyridine rings is 1. The fraction of sp³-hybridized carbons (Fsp3) is 0.364. The number of carbonyl (C=O) groups excluding carboxylic acids is 2. The Labute approximate surface area is 203 Å². The van der Waals surface area contributed by atoms with Gasteiger partial charge in [-0.05, 0) is 42.2 Å². The molecule has 0 radical (unpaired) electrons. The normalized spacial score (nSPS) is 16.5. The standard InChI is InChI=1S/C22H25Br2N5O3/c1-2-13(14-3-16(23)7-17(24)4-14)6-19(30)10-26-21(32)15-5-18(9-25-8-15)29-22-27-11-20(31)12-28-22/h3-5,7-9,13,20,31H,2,6,10-12H2,1H3,(H,26,32)(H2,27,28,29)/t13-/m1/s1. The average Bonchev–Trinajstić information content (AvgIpc) is 2.77. The maximum atomic E-state index is 12.5. The van der Waals surface area contributed by atoms with Crippen molar-refractivity contribution >= 4 is 55.2 Å². The number of benzene rings is 1. The molecule has 170 valence electrons. The first-order valence-electron chi connectivity index (χ1n) is 10.3. The van der Waals surface area contributed by atoms with Crippen LogP contribution < -0.4 is 16.0 Å². The van der Waals surface area contributed by atoms with Gasteiger partial charge < -0.3 is 21.1 Å². The number of ketones is 1. The van der Waals surface area contributed by atoms with Crippen LogP contribution in [0.4, 0.5) is 5.69 Å². The fourth-order valence-corrected chi connectivity index (χ4v) is 4.65. The summed E-state index contributed by atoms with van der Waals surface area (Å²) in [5, 5.41) is 18.2. The predicted molar refractivity (Wildman–Crippen MR) is 131 cm³/mol. The van der Waals surface area contributed by atoms with E-state index in [2.05, 4.69) is 57.8 Å². The second-order valence-corrected chi connectivity index (χ2v) is 9.38. The number of guanidine groups is 1. The predicted octanol–water partition coefficient (Wildman–Crippen LogP) is 3.22. The van der Waals surface area contributed by atoms with E-state index in [1.807, 2.05) is 25.1 Å². The van der Waals surface area contributed by atoms with Gasteiger partial charge in [-0.3, -0.25) is 19.6 Å². The minimum absolute atomic E-state index is 0.0390. The van der Waals surface area contributed by atoms with Crippen molar-refractivity contribution in [1.29, 1.82) is 0 Å². The first-order chi connectivity index (χ1) is 15.3. The number of halogens is 2. The van der Waals surface area contributed by atoms with E-state index in [9.17, 15) is 14.7 Å². The zero-order valence-electron chi connectivity index (χ0n) is 17.6.